The third-order valence-electron chi connectivity index (χ3n) is 2.91. The first kappa shape index (κ1) is 15.6. The predicted molar refractivity (Wildman–Crippen MR) is 82.5 cm³/mol. The molecule has 7 heteroatoms. The lowest BCUT2D eigenvalue weighted by atomic mass is 10.3. The van der Waals surface area contributed by atoms with Gasteiger partial charge < -0.3 is 14.8 Å². The van der Waals surface area contributed by atoms with Gasteiger partial charge in [0, 0.05) is 12.6 Å². The second-order valence-electron chi connectivity index (χ2n) is 4.46. The minimum atomic E-state index is -0.473. The molecule has 0 radical (unpaired) electrons. The molecule has 0 aliphatic carbocycles. The normalized spacial score (nSPS) is 10.0. The fourth-order valence-corrected chi connectivity index (χ4v) is 1.75. The van der Waals surface area contributed by atoms with Crippen LogP contribution in [0.3, 0.4) is 0 Å². The molecule has 1 heterocycles. The summed E-state index contributed by atoms with van der Waals surface area (Å²) in [7, 11) is 1.62. The molecular formula is C15H17N3O4. The molecule has 22 heavy (non-hydrogen) atoms. The second-order valence-corrected chi connectivity index (χ2v) is 4.46. The van der Waals surface area contributed by atoms with Crippen molar-refractivity contribution in [3.63, 3.8) is 0 Å². The fraction of sp³-hybridized carbons (Fsp3) is 0.267. The van der Waals surface area contributed by atoms with E-state index in [0.29, 0.717) is 19.0 Å². The number of methoxy groups -OCH3 is 1. The van der Waals surface area contributed by atoms with Gasteiger partial charge in [0.15, 0.2) is 0 Å². The number of benzene rings is 1. The lowest BCUT2D eigenvalue weighted by molar-refractivity contribution is -0.385. The average molecular weight is 303 g/mol. The number of hydrogen-bond acceptors (Lipinski definition) is 6. The SMILES string of the molecule is COc1ccc(OCCCNc2ccc([N+](=O)[O-])cn2)cc1. The quantitative estimate of drug-likeness (QED) is 0.458. The van der Waals surface area contributed by atoms with Gasteiger partial charge in [-0.25, -0.2) is 4.98 Å². The highest BCUT2D eigenvalue weighted by molar-refractivity contribution is 5.39. The maximum absolute atomic E-state index is 10.5. The number of nitrogens with one attached hydrogen (secondary N) is 1. The molecule has 0 amide bonds. The van der Waals surface area contributed by atoms with Gasteiger partial charge in [-0.15, -0.1) is 0 Å². The van der Waals surface area contributed by atoms with Crippen molar-refractivity contribution in [2.24, 2.45) is 0 Å². The van der Waals surface area contributed by atoms with Gasteiger partial charge in [-0.2, -0.15) is 0 Å². The van der Waals surface area contributed by atoms with Gasteiger partial charge in [0.25, 0.3) is 5.69 Å². The van der Waals surface area contributed by atoms with Crippen molar-refractivity contribution in [3.05, 3.63) is 52.7 Å². The molecule has 0 spiro atoms. The zero-order valence-corrected chi connectivity index (χ0v) is 12.2. The Hall–Kier alpha value is -2.83. The van der Waals surface area contributed by atoms with E-state index in [4.69, 9.17) is 9.47 Å². The van der Waals surface area contributed by atoms with Crippen molar-refractivity contribution in [3.8, 4) is 11.5 Å². The van der Waals surface area contributed by atoms with Gasteiger partial charge in [0.2, 0.25) is 0 Å². The summed E-state index contributed by atoms with van der Waals surface area (Å²) in [6.07, 6.45) is 2.01. The van der Waals surface area contributed by atoms with Crippen molar-refractivity contribution in [2.75, 3.05) is 25.6 Å². The highest BCUT2D eigenvalue weighted by Gasteiger charge is 2.04. The minimum absolute atomic E-state index is 0.0200. The van der Waals surface area contributed by atoms with Gasteiger partial charge in [0.05, 0.1) is 18.6 Å². The standard InChI is InChI=1S/C15H17N3O4/c1-21-13-4-6-14(7-5-13)22-10-2-9-16-15-8-3-12(11-17-15)18(19)20/h3-8,11H,2,9-10H2,1H3,(H,16,17). The molecular weight excluding hydrogens is 286 g/mol. The Bertz CT molecular complexity index is 599. The van der Waals surface area contributed by atoms with Crippen LogP contribution in [-0.4, -0.2) is 30.2 Å². The second kappa shape index (κ2) is 7.82. The van der Waals surface area contributed by atoms with Gasteiger partial charge >= 0.3 is 0 Å². The minimum Gasteiger partial charge on any atom is -0.497 e. The third kappa shape index (κ3) is 4.62. The number of nitro groups is 1. The number of hydrogen-bond donors (Lipinski definition) is 1. The predicted octanol–water partition coefficient (Wildman–Crippen LogP) is 2.88. The summed E-state index contributed by atoms with van der Waals surface area (Å²) in [6, 6.07) is 10.4. The zero-order chi connectivity index (χ0) is 15.8. The topological polar surface area (TPSA) is 86.5 Å². The molecule has 2 rings (SSSR count). The summed E-state index contributed by atoms with van der Waals surface area (Å²) in [4.78, 5) is 14.0. The fourth-order valence-electron chi connectivity index (χ4n) is 1.75. The first-order chi connectivity index (χ1) is 10.7. The van der Waals surface area contributed by atoms with E-state index >= 15 is 0 Å². The van der Waals surface area contributed by atoms with Crippen molar-refractivity contribution in [1.82, 2.24) is 4.98 Å². The number of aromatic nitrogens is 1. The van der Waals surface area contributed by atoms with Crippen molar-refractivity contribution in [2.45, 2.75) is 6.42 Å². The molecule has 0 saturated heterocycles. The molecule has 7 nitrogen and oxygen atoms in total. The Morgan fingerprint density at radius 3 is 2.50 bits per heavy atom. The Kier molecular flexibility index (Phi) is 5.53. The van der Waals surface area contributed by atoms with Crippen molar-refractivity contribution >= 4 is 11.5 Å². The zero-order valence-electron chi connectivity index (χ0n) is 12.2. The van der Waals surface area contributed by atoms with E-state index < -0.39 is 4.92 Å². The van der Waals surface area contributed by atoms with Crippen LogP contribution in [0.1, 0.15) is 6.42 Å². The Morgan fingerprint density at radius 1 is 1.18 bits per heavy atom. The molecule has 1 aromatic carbocycles. The molecule has 0 saturated carbocycles. The number of anilines is 1. The Labute approximate surface area is 128 Å². The number of nitrogens with zero attached hydrogens (tertiary/aromatic N) is 2. The van der Waals surface area contributed by atoms with Crippen LogP contribution in [0.25, 0.3) is 0 Å². The Morgan fingerprint density at radius 2 is 1.91 bits per heavy atom. The van der Waals surface area contributed by atoms with Gasteiger partial charge in [-0.3, -0.25) is 10.1 Å². The molecule has 2 aromatic rings. The average Bonchev–Trinajstić information content (AvgIpc) is 2.55. The summed E-state index contributed by atoms with van der Waals surface area (Å²) in [5, 5.41) is 13.6. The van der Waals surface area contributed by atoms with Crippen LogP contribution < -0.4 is 14.8 Å². The summed E-state index contributed by atoms with van der Waals surface area (Å²) in [6.45, 7) is 1.23. The lowest BCUT2D eigenvalue weighted by Gasteiger charge is -2.08. The highest BCUT2D eigenvalue weighted by atomic mass is 16.6. The van der Waals surface area contributed by atoms with Crippen LogP contribution in [0.15, 0.2) is 42.6 Å². The van der Waals surface area contributed by atoms with Crippen LogP contribution in [0.4, 0.5) is 11.5 Å². The molecule has 0 fully saturated rings. The number of ether oxygens (including phenoxy) is 2. The van der Waals surface area contributed by atoms with Crippen molar-refractivity contribution in [1.29, 1.82) is 0 Å². The molecule has 0 atom stereocenters. The summed E-state index contributed by atoms with van der Waals surface area (Å²) >= 11 is 0. The van der Waals surface area contributed by atoms with Crippen LogP contribution in [-0.2, 0) is 0 Å². The molecule has 0 bridgehead atoms. The molecule has 0 unspecified atom stereocenters. The third-order valence-corrected chi connectivity index (χ3v) is 2.91. The molecule has 1 aromatic heterocycles. The van der Waals surface area contributed by atoms with Gasteiger partial charge in [0.1, 0.15) is 23.5 Å². The molecule has 0 aliphatic rings. The largest absolute Gasteiger partial charge is 0.497 e. The van der Waals surface area contributed by atoms with Gasteiger partial charge in [-0.05, 0) is 36.8 Å². The first-order valence-electron chi connectivity index (χ1n) is 6.80. The van der Waals surface area contributed by atoms with Crippen LogP contribution in [0, 0.1) is 10.1 Å². The van der Waals surface area contributed by atoms with Crippen LogP contribution >= 0.6 is 0 Å². The van der Waals surface area contributed by atoms with E-state index in [1.165, 1.54) is 12.3 Å². The van der Waals surface area contributed by atoms with E-state index in [-0.39, 0.29) is 5.69 Å². The lowest BCUT2D eigenvalue weighted by Crippen LogP contribution is -2.08. The number of pyridine rings is 1. The van der Waals surface area contributed by atoms with E-state index in [9.17, 15) is 10.1 Å². The smallest absolute Gasteiger partial charge is 0.287 e. The molecule has 0 aliphatic heterocycles. The summed E-state index contributed by atoms with van der Waals surface area (Å²) in [5.41, 5.74) is -0.0200. The van der Waals surface area contributed by atoms with E-state index in [0.717, 1.165) is 17.9 Å². The van der Waals surface area contributed by atoms with Crippen LogP contribution in [0.2, 0.25) is 0 Å². The van der Waals surface area contributed by atoms with Gasteiger partial charge in [-0.1, -0.05) is 0 Å². The van der Waals surface area contributed by atoms with E-state index in [1.807, 2.05) is 24.3 Å². The number of rotatable bonds is 8. The summed E-state index contributed by atoms with van der Waals surface area (Å²) in [5.74, 6) is 2.18. The van der Waals surface area contributed by atoms with E-state index in [2.05, 4.69) is 10.3 Å². The van der Waals surface area contributed by atoms with Crippen LogP contribution in [0.5, 0.6) is 11.5 Å². The first-order valence-corrected chi connectivity index (χ1v) is 6.80. The van der Waals surface area contributed by atoms with E-state index in [1.54, 1.807) is 13.2 Å². The monoisotopic (exact) mass is 303 g/mol. The highest BCUT2D eigenvalue weighted by Crippen LogP contribution is 2.17. The maximum Gasteiger partial charge on any atom is 0.287 e. The van der Waals surface area contributed by atoms with Crippen molar-refractivity contribution < 1.29 is 14.4 Å². The Balaban J connectivity index is 1.67. The molecule has 1 N–H and O–H groups in total. The molecule has 116 valence electrons. The maximum atomic E-state index is 10.5. The summed E-state index contributed by atoms with van der Waals surface area (Å²) < 4.78 is 10.7.